The highest BCUT2D eigenvalue weighted by molar-refractivity contribution is 7.80. The number of carbonyl (C=O) groups excluding carboxylic acids is 1. The molecule has 0 aromatic heterocycles. The Labute approximate surface area is 214 Å². The molecule has 0 saturated carbocycles. The molecule has 0 aliphatic heterocycles. The predicted octanol–water partition coefficient (Wildman–Crippen LogP) is 4.30. The van der Waals surface area contributed by atoms with E-state index >= 15 is 0 Å². The maximum absolute atomic E-state index is 12.0. The van der Waals surface area contributed by atoms with Crippen LogP contribution in [0.1, 0.15) is 46.1 Å². The van der Waals surface area contributed by atoms with Crippen molar-refractivity contribution >= 4 is 30.3 Å². The molecule has 0 aliphatic carbocycles. The molecule has 1 aromatic carbocycles. The van der Waals surface area contributed by atoms with Gasteiger partial charge >= 0.3 is 0 Å². The van der Waals surface area contributed by atoms with Crippen LogP contribution >= 0.6 is 12.6 Å². The number of thiol groups is 1. The summed E-state index contributed by atoms with van der Waals surface area (Å²) in [4.78, 5) is 15.9. The van der Waals surface area contributed by atoms with Crippen molar-refractivity contribution in [2.75, 3.05) is 51.4 Å². The molecule has 0 heterocycles. The van der Waals surface area contributed by atoms with Crippen molar-refractivity contribution in [2.24, 2.45) is 11.5 Å². The van der Waals surface area contributed by atoms with Crippen molar-refractivity contribution in [1.29, 1.82) is 0 Å². The molecular weight excluding hydrogens is 442 g/mol. The highest BCUT2D eigenvalue weighted by atomic mass is 32.1. The molecule has 0 aliphatic rings. The number of benzene rings is 1. The highest BCUT2D eigenvalue weighted by Gasteiger charge is 2.16. The minimum absolute atomic E-state index is 0.0550. The van der Waals surface area contributed by atoms with E-state index in [-0.39, 0.29) is 5.91 Å². The third-order valence-electron chi connectivity index (χ3n) is 4.72. The normalized spacial score (nSPS) is 11.9. The van der Waals surface area contributed by atoms with Crippen molar-refractivity contribution in [3.8, 4) is 0 Å². The molecule has 0 saturated heterocycles. The maximum atomic E-state index is 12.0. The summed E-state index contributed by atoms with van der Waals surface area (Å²) in [6, 6.07) is 7.98. The van der Waals surface area contributed by atoms with Gasteiger partial charge in [0.15, 0.2) is 0 Å². The van der Waals surface area contributed by atoms with Crippen molar-refractivity contribution in [3.63, 3.8) is 0 Å². The maximum Gasteiger partial charge on any atom is 0.240 e. The summed E-state index contributed by atoms with van der Waals surface area (Å²) >= 11 is 4.09. The number of allylic oxidation sites excluding steroid dienone is 4. The Hall–Kier alpha value is -2.22. The molecule has 0 fully saturated rings. The molecule has 194 valence electrons. The van der Waals surface area contributed by atoms with Gasteiger partial charge in [0.25, 0.3) is 0 Å². The van der Waals surface area contributed by atoms with Crippen molar-refractivity contribution in [2.45, 2.75) is 46.6 Å². The summed E-state index contributed by atoms with van der Waals surface area (Å²) in [6.45, 7) is 10.7. The molecule has 6 nitrogen and oxygen atoms in total. The first-order valence-electron chi connectivity index (χ1n) is 12.2. The lowest BCUT2D eigenvalue weighted by Gasteiger charge is -2.23. The lowest BCUT2D eigenvalue weighted by Crippen LogP contribution is -2.43. The summed E-state index contributed by atoms with van der Waals surface area (Å²) in [5, 5.41) is 3.20. The van der Waals surface area contributed by atoms with Crippen LogP contribution in [0, 0.1) is 0 Å². The molecule has 1 atom stereocenters. The second-order valence-electron chi connectivity index (χ2n) is 7.25. The minimum Gasteiger partial charge on any atom is -0.391 e. The quantitative estimate of drug-likeness (QED) is 0.244. The Morgan fingerprint density at radius 1 is 1.09 bits per heavy atom. The summed E-state index contributed by atoms with van der Waals surface area (Å²) in [7, 11) is 5.36. The fraction of sp³-hybridized carbons (Fsp3) is 0.519. The van der Waals surface area contributed by atoms with Gasteiger partial charge in [-0.05, 0) is 62.4 Å². The average molecular weight is 492 g/mol. The third-order valence-corrected chi connectivity index (χ3v) is 5.11. The van der Waals surface area contributed by atoms with Crippen molar-refractivity contribution < 1.29 is 4.79 Å². The highest BCUT2D eigenvalue weighted by Crippen LogP contribution is 2.16. The van der Waals surface area contributed by atoms with Gasteiger partial charge < -0.3 is 26.6 Å². The standard InChI is InChI=1S/C24H38N4OS.C2H6.CH5N/c1-5-8-20(15-16-26-6-2)9-10-21-11-13-22(14-12-21)27(3)17-7-18-28(4)24(29)23(25)19-30;2*1-2/h8-16,23,26,30H,5-7,17-19,25H2,1-4H3;1-2H3;2H2,1H3/b10-9+,16-15-,20-8-;;. The van der Waals surface area contributed by atoms with E-state index in [1.54, 1.807) is 11.9 Å². The molecule has 1 aromatic rings. The molecule has 0 bridgehead atoms. The van der Waals surface area contributed by atoms with Crippen LogP contribution in [0.2, 0.25) is 0 Å². The van der Waals surface area contributed by atoms with Crippen molar-refractivity contribution in [1.82, 2.24) is 10.2 Å². The van der Waals surface area contributed by atoms with Gasteiger partial charge in [0.1, 0.15) is 0 Å². The number of rotatable bonds is 13. The number of amides is 1. The van der Waals surface area contributed by atoms with Crippen LogP contribution in [-0.4, -0.2) is 63.4 Å². The summed E-state index contributed by atoms with van der Waals surface area (Å²) in [5.74, 6) is 0.312. The lowest BCUT2D eigenvalue weighted by atomic mass is 10.1. The predicted molar refractivity (Wildman–Crippen MR) is 155 cm³/mol. The van der Waals surface area contributed by atoms with Crippen LogP contribution in [0.4, 0.5) is 5.69 Å². The molecule has 0 radical (unpaired) electrons. The third kappa shape index (κ3) is 14.8. The lowest BCUT2D eigenvalue weighted by molar-refractivity contribution is -0.130. The SMILES string of the molecule is CC.CC/C=C(\C=C/NCC)/C=C/c1ccc(N(C)CCCN(C)C(=O)C(N)CS)cc1.CN. The van der Waals surface area contributed by atoms with Gasteiger partial charge in [0, 0.05) is 45.2 Å². The molecule has 34 heavy (non-hydrogen) atoms. The van der Waals surface area contributed by atoms with E-state index in [9.17, 15) is 4.79 Å². The first-order valence-corrected chi connectivity index (χ1v) is 12.8. The number of likely N-dealkylation sites (N-methyl/N-ethyl adjacent to an activating group) is 1. The second kappa shape index (κ2) is 22.6. The first kappa shape index (κ1) is 34.0. The Morgan fingerprint density at radius 2 is 1.71 bits per heavy atom. The summed E-state index contributed by atoms with van der Waals surface area (Å²) < 4.78 is 0. The van der Waals surface area contributed by atoms with Gasteiger partial charge in [-0.3, -0.25) is 4.79 Å². The number of hydrogen-bond donors (Lipinski definition) is 4. The van der Waals surface area contributed by atoms with Crippen molar-refractivity contribution in [3.05, 3.63) is 59.8 Å². The van der Waals surface area contributed by atoms with Gasteiger partial charge in [-0.25, -0.2) is 0 Å². The number of carbonyl (C=O) groups is 1. The number of hydrogen-bond acceptors (Lipinski definition) is 6. The van der Waals surface area contributed by atoms with Gasteiger partial charge in [-0.15, -0.1) is 0 Å². The fourth-order valence-corrected chi connectivity index (χ4v) is 3.03. The second-order valence-corrected chi connectivity index (χ2v) is 7.62. The average Bonchev–Trinajstić information content (AvgIpc) is 2.88. The Balaban J connectivity index is 0. The molecule has 7 heteroatoms. The van der Waals surface area contributed by atoms with Gasteiger partial charge in [-0.2, -0.15) is 12.6 Å². The molecule has 0 spiro atoms. The molecule has 5 N–H and O–H groups in total. The number of nitrogens with one attached hydrogen (secondary N) is 1. The Bertz CT molecular complexity index is 716. The number of nitrogens with two attached hydrogens (primary N) is 2. The smallest absolute Gasteiger partial charge is 0.240 e. The Kier molecular flexibility index (Phi) is 22.5. The zero-order valence-corrected chi connectivity index (χ0v) is 23.3. The van der Waals surface area contributed by atoms with E-state index < -0.39 is 6.04 Å². The van der Waals surface area contributed by atoms with Crippen LogP contribution in [0.25, 0.3) is 6.08 Å². The van der Waals surface area contributed by atoms with Crippen LogP contribution in [0.3, 0.4) is 0 Å². The summed E-state index contributed by atoms with van der Waals surface area (Å²) in [5.41, 5.74) is 13.8. The minimum atomic E-state index is -0.525. The van der Waals surface area contributed by atoms with Gasteiger partial charge in [0.05, 0.1) is 6.04 Å². The Morgan fingerprint density at radius 3 is 2.24 bits per heavy atom. The van der Waals surface area contributed by atoms with E-state index in [1.165, 1.54) is 12.6 Å². The zero-order valence-electron chi connectivity index (χ0n) is 22.4. The van der Waals surface area contributed by atoms with E-state index in [4.69, 9.17) is 5.73 Å². The van der Waals surface area contributed by atoms with Gasteiger partial charge in [-0.1, -0.05) is 51.1 Å². The molecule has 1 unspecified atom stereocenters. The van der Waals surface area contributed by atoms with E-state index in [2.05, 4.69) is 98.0 Å². The zero-order chi connectivity index (χ0) is 26.4. The molecular formula is C27H49N5OS. The monoisotopic (exact) mass is 491 g/mol. The van der Waals surface area contributed by atoms with E-state index in [0.717, 1.165) is 37.2 Å². The number of anilines is 1. The van der Waals surface area contributed by atoms with E-state index in [0.29, 0.717) is 12.3 Å². The molecule has 1 amide bonds. The largest absolute Gasteiger partial charge is 0.391 e. The fourth-order valence-electron chi connectivity index (χ4n) is 2.88. The first-order chi connectivity index (χ1) is 16.4. The van der Waals surface area contributed by atoms with E-state index in [1.807, 2.05) is 20.0 Å². The van der Waals surface area contributed by atoms with Crippen LogP contribution in [0.5, 0.6) is 0 Å². The van der Waals surface area contributed by atoms with Crippen LogP contribution < -0.4 is 21.7 Å². The van der Waals surface area contributed by atoms with Crippen LogP contribution in [-0.2, 0) is 4.79 Å². The van der Waals surface area contributed by atoms with Gasteiger partial charge in [0.2, 0.25) is 5.91 Å². The topological polar surface area (TPSA) is 87.6 Å². The van der Waals surface area contributed by atoms with Crippen LogP contribution in [0.15, 0.2) is 54.3 Å². The molecule has 1 rings (SSSR count). The number of nitrogens with zero attached hydrogens (tertiary/aromatic N) is 2. The summed E-state index contributed by atoms with van der Waals surface area (Å²) in [6.07, 6.45) is 12.4.